The van der Waals surface area contributed by atoms with E-state index in [1.165, 1.54) is 30.4 Å². The molecular weight excluding hydrogens is 482 g/mol. The van der Waals surface area contributed by atoms with Gasteiger partial charge in [-0.25, -0.2) is 4.98 Å². The fourth-order valence-corrected chi connectivity index (χ4v) is 4.46. The van der Waals surface area contributed by atoms with Crippen LogP contribution in [0.25, 0.3) is 6.08 Å². The van der Waals surface area contributed by atoms with Gasteiger partial charge in [0.1, 0.15) is 5.71 Å². The number of nitrogens with one attached hydrogen (secondary N) is 3. The Kier molecular flexibility index (Phi) is 7.85. The van der Waals surface area contributed by atoms with E-state index in [0.717, 1.165) is 11.1 Å². The van der Waals surface area contributed by atoms with Crippen molar-refractivity contribution >= 4 is 55.8 Å². The monoisotopic (exact) mass is 503 g/mol. The minimum atomic E-state index is -3.87. The first-order valence-corrected chi connectivity index (χ1v) is 12.4. The molecule has 0 fully saturated rings. The number of aromatic nitrogens is 1. The van der Waals surface area contributed by atoms with Crippen LogP contribution in [-0.2, 0) is 14.8 Å². The standard InChI is InChI=1S/C22H22ClN5O3S2/c1-14-4-11-19(12-5-14)33(30,31)28-26-20(13-8-17-6-9-18(23)10-7-17)21-15(2)24-22(32-21)27-25-16(3)29/h4-13,28H,1-3H3,(H,24,27)(H,25,29)/b13-8+,26-20+. The van der Waals surface area contributed by atoms with Crippen molar-refractivity contribution in [3.05, 3.63) is 81.3 Å². The van der Waals surface area contributed by atoms with Crippen molar-refractivity contribution in [2.75, 3.05) is 5.43 Å². The molecule has 33 heavy (non-hydrogen) atoms. The predicted octanol–water partition coefficient (Wildman–Crippen LogP) is 4.27. The second-order valence-electron chi connectivity index (χ2n) is 7.03. The van der Waals surface area contributed by atoms with E-state index in [9.17, 15) is 13.2 Å². The summed E-state index contributed by atoms with van der Waals surface area (Å²) < 4.78 is 25.5. The topological polar surface area (TPSA) is 113 Å². The second kappa shape index (κ2) is 10.6. The summed E-state index contributed by atoms with van der Waals surface area (Å²) in [5.74, 6) is -0.271. The highest BCUT2D eigenvalue weighted by atomic mass is 35.5. The fraction of sp³-hybridized carbons (Fsp3) is 0.136. The first-order valence-electron chi connectivity index (χ1n) is 9.74. The van der Waals surface area contributed by atoms with Crippen LogP contribution in [0.1, 0.15) is 28.6 Å². The Morgan fingerprint density at radius 3 is 2.39 bits per heavy atom. The number of hydrogen-bond acceptors (Lipinski definition) is 7. The molecule has 8 nitrogen and oxygen atoms in total. The van der Waals surface area contributed by atoms with Gasteiger partial charge in [-0.15, -0.1) is 0 Å². The van der Waals surface area contributed by atoms with E-state index in [1.54, 1.807) is 43.3 Å². The van der Waals surface area contributed by atoms with Gasteiger partial charge in [0.2, 0.25) is 11.0 Å². The summed E-state index contributed by atoms with van der Waals surface area (Å²) in [5.41, 5.74) is 7.95. The number of aryl methyl sites for hydroxylation is 2. The smallest absolute Gasteiger partial charge is 0.274 e. The van der Waals surface area contributed by atoms with Crippen molar-refractivity contribution in [1.82, 2.24) is 15.2 Å². The lowest BCUT2D eigenvalue weighted by molar-refractivity contribution is -0.118. The Labute approximate surface area is 201 Å². The average molecular weight is 504 g/mol. The van der Waals surface area contributed by atoms with E-state index < -0.39 is 10.0 Å². The number of sulfonamides is 1. The Hall–Kier alpha value is -3.21. The van der Waals surface area contributed by atoms with Gasteiger partial charge in [-0.2, -0.15) is 18.4 Å². The SMILES string of the molecule is CC(=O)NNc1nc(C)c(C(/C=C/c2ccc(Cl)cc2)=N/NS(=O)(=O)c2ccc(C)cc2)s1. The van der Waals surface area contributed by atoms with Crippen LogP contribution >= 0.6 is 22.9 Å². The molecule has 0 spiro atoms. The van der Waals surface area contributed by atoms with Crippen LogP contribution in [0.2, 0.25) is 5.02 Å². The number of amides is 1. The van der Waals surface area contributed by atoms with Gasteiger partial charge in [0.15, 0.2) is 0 Å². The summed E-state index contributed by atoms with van der Waals surface area (Å²) in [6.45, 7) is 5.02. The molecule has 0 atom stereocenters. The van der Waals surface area contributed by atoms with Crippen molar-refractivity contribution < 1.29 is 13.2 Å². The lowest BCUT2D eigenvalue weighted by Crippen LogP contribution is -2.26. The van der Waals surface area contributed by atoms with Gasteiger partial charge in [0.05, 0.1) is 15.5 Å². The zero-order valence-corrected chi connectivity index (χ0v) is 20.5. The van der Waals surface area contributed by atoms with E-state index >= 15 is 0 Å². The molecule has 11 heteroatoms. The Bertz CT molecular complexity index is 1300. The normalized spacial score (nSPS) is 12.1. The summed E-state index contributed by atoms with van der Waals surface area (Å²) in [7, 11) is -3.87. The molecule has 3 rings (SSSR count). The van der Waals surface area contributed by atoms with Crippen molar-refractivity contribution in [3.8, 4) is 0 Å². The number of halogens is 1. The summed E-state index contributed by atoms with van der Waals surface area (Å²) in [6, 6.07) is 13.6. The number of carbonyl (C=O) groups excluding carboxylic acids is 1. The van der Waals surface area contributed by atoms with Crippen LogP contribution in [0.15, 0.2) is 64.6 Å². The van der Waals surface area contributed by atoms with E-state index in [-0.39, 0.29) is 10.8 Å². The van der Waals surface area contributed by atoms with E-state index in [2.05, 4.69) is 25.8 Å². The third kappa shape index (κ3) is 6.88. The maximum absolute atomic E-state index is 12.7. The molecule has 0 saturated heterocycles. The van der Waals surface area contributed by atoms with Gasteiger partial charge >= 0.3 is 0 Å². The molecule has 0 saturated carbocycles. The van der Waals surface area contributed by atoms with Gasteiger partial charge in [-0.05, 0) is 49.8 Å². The molecule has 1 amide bonds. The number of hydrogen-bond donors (Lipinski definition) is 3. The lowest BCUT2D eigenvalue weighted by atomic mass is 10.1. The zero-order chi connectivity index (χ0) is 24.0. The molecule has 3 aromatic rings. The molecule has 0 radical (unpaired) electrons. The molecule has 0 aliphatic rings. The highest BCUT2D eigenvalue weighted by molar-refractivity contribution is 7.89. The number of carbonyl (C=O) groups is 1. The summed E-state index contributed by atoms with van der Waals surface area (Å²) >= 11 is 7.17. The van der Waals surface area contributed by atoms with Crippen LogP contribution in [0.4, 0.5) is 5.13 Å². The molecule has 2 aromatic carbocycles. The maximum atomic E-state index is 12.7. The molecule has 3 N–H and O–H groups in total. The van der Waals surface area contributed by atoms with Crippen LogP contribution in [-0.4, -0.2) is 25.0 Å². The molecule has 1 aromatic heterocycles. The molecule has 0 aliphatic carbocycles. The van der Waals surface area contributed by atoms with Gasteiger partial charge in [-0.3, -0.25) is 15.6 Å². The highest BCUT2D eigenvalue weighted by Gasteiger charge is 2.16. The molecule has 172 valence electrons. The number of thiazole rings is 1. The van der Waals surface area contributed by atoms with E-state index in [1.807, 2.05) is 19.1 Å². The molecular formula is C22H22ClN5O3S2. The minimum absolute atomic E-state index is 0.104. The fourth-order valence-electron chi connectivity index (χ4n) is 2.62. The van der Waals surface area contributed by atoms with Crippen LogP contribution in [0.5, 0.6) is 0 Å². The van der Waals surface area contributed by atoms with E-state index in [4.69, 9.17) is 11.6 Å². The zero-order valence-electron chi connectivity index (χ0n) is 18.1. The van der Waals surface area contributed by atoms with Crippen LogP contribution in [0, 0.1) is 13.8 Å². The Balaban J connectivity index is 1.95. The van der Waals surface area contributed by atoms with Crippen molar-refractivity contribution in [3.63, 3.8) is 0 Å². The van der Waals surface area contributed by atoms with Gasteiger partial charge in [-0.1, -0.05) is 58.8 Å². The third-order valence-electron chi connectivity index (χ3n) is 4.30. The number of rotatable bonds is 8. The van der Waals surface area contributed by atoms with Gasteiger partial charge in [0.25, 0.3) is 10.0 Å². The predicted molar refractivity (Wildman–Crippen MR) is 133 cm³/mol. The molecule has 1 heterocycles. The second-order valence-corrected chi connectivity index (χ2v) is 10.1. The minimum Gasteiger partial charge on any atom is -0.274 e. The van der Waals surface area contributed by atoms with Crippen molar-refractivity contribution in [2.45, 2.75) is 25.7 Å². The first kappa shape index (κ1) is 24.4. The molecule has 0 aliphatic heterocycles. The highest BCUT2D eigenvalue weighted by Crippen LogP contribution is 2.24. The largest absolute Gasteiger partial charge is 0.276 e. The quantitative estimate of drug-likeness (QED) is 0.314. The summed E-state index contributed by atoms with van der Waals surface area (Å²) in [4.78, 5) is 18.6. The number of allylic oxidation sites excluding steroid dienone is 1. The number of benzene rings is 2. The molecule has 0 unspecified atom stereocenters. The first-order chi connectivity index (χ1) is 15.6. The summed E-state index contributed by atoms with van der Waals surface area (Å²) in [6.07, 6.45) is 3.47. The number of nitrogens with zero attached hydrogens (tertiary/aromatic N) is 2. The van der Waals surface area contributed by atoms with Crippen LogP contribution < -0.4 is 15.7 Å². The van der Waals surface area contributed by atoms with Gasteiger partial charge < -0.3 is 0 Å². The molecule has 0 bridgehead atoms. The van der Waals surface area contributed by atoms with E-state index in [0.29, 0.717) is 26.4 Å². The lowest BCUT2D eigenvalue weighted by Gasteiger charge is -2.06. The van der Waals surface area contributed by atoms with Gasteiger partial charge in [0, 0.05) is 11.9 Å². The Morgan fingerprint density at radius 2 is 1.76 bits per heavy atom. The van der Waals surface area contributed by atoms with Crippen LogP contribution in [0.3, 0.4) is 0 Å². The van der Waals surface area contributed by atoms with Crippen molar-refractivity contribution in [2.24, 2.45) is 5.10 Å². The summed E-state index contributed by atoms with van der Waals surface area (Å²) in [5, 5.41) is 5.23. The Morgan fingerprint density at radius 1 is 1.09 bits per heavy atom. The maximum Gasteiger partial charge on any atom is 0.276 e. The van der Waals surface area contributed by atoms with Crippen molar-refractivity contribution in [1.29, 1.82) is 0 Å². The number of anilines is 1. The number of hydrazone groups is 1. The average Bonchev–Trinajstić information content (AvgIpc) is 3.14. The number of hydrazine groups is 1. The third-order valence-corrected chi connectivity index (χ3v) is 6.87.